The van der Waals surface area contributed by atoms with Crippen LogP contribution in [0.2, 0.25) is 0 Å². The molecule has 2 amide bonds. The monoisotopic (exact) mass is 450 g/mol. The van der Waals surface area contributed by atoms with E-state index in [1.54, 1.807) is 4.90 Å². The van der Waals surface area contributed by atoms with Gasteiger partial charge in [-0.25, -0.2) is 0 Å². The van der Waals surface area contributed by atoms with Gasteiger partial charge >= 0.3 is 0 Å². The smallest absolute Gasteiger partial charge is 0.242 e. The number of ether oxygens (including phenoxy) is 1. The van der Waals surface area contributed by atoms with E-state index in [1.165, 1.54) is 12.0 Å². The second-order valence-corrected chi connectivity index (χ2v) is 9.11. The van der Waals surface area contributed by atoms with Gasteiger partial charge in [0.25, 0.3) is 0 Å². The molecule has 2 aromatic rings. The topological polar surface area (TPSA) is 58.6 Å². The normalized spacial score (nSPS) is 15.0. The van der Waals surface area contributed by atoms with Gasteiger partial charge in [0, 0.05) is 19.0 Å². The standard InChI is InChI=1S/C28H38N2O3/c1-22-15-17-26(18-16-22)33-21-9-14-27(31)30(20-19-24-10-5-3-6-11-24)23(2)28(32)29-25-12-7-4-8-13-25/h3,5-6,10-11,15-18,23,25H,4,7-9,12-14,19-21H2,1-2H3,(H,29,32)/t23-/m0/s1. The van der Waals surface area contributed by atoms with E-state index in [-0.39, 0.29) is 17.9 Å². The highest BCUT2D eigenvalue weighted by Gasteiger charge is 2.27. The van der Waals surface area contributed by atoms with Crippen molar-refractivity contribution in [2.75, 3.05) is 13.2 Å². The van der Waals surface area contributed by atoms with E-state index in [1.807, 2.05) is 56.3 Å². The highest BCUT2D eigenvalue weighted by molar-refractivity contribution is 5.87. The lowest BCUT2D eigenvalue weighted by molar-refractivity contribution is -0.140. The molecule has 0 heterocycles. The van der Waals surface area contributed by atoms with Gasteiger partial charge in [0.05, 0.1) is 6.61 Å². The fraction of sp³-hybridized carbons (Fsp3) is 0.500. The molecule has 0 spiro atoms. The van der Waals surface area contributed by atoms with Crippen molar-refractivity contribution in [1.29, 1.82) is 0 Å². The second-order valence-electron chi connectivity index (χ2n) is 9.11. The Balaban J connectivity index is 1.55. The maximum Gasteiger partial charge on any atom is 0.242 e. The molecule has 0 radical (unpaired) electrons. The van der Waals surface area contributed by atoms with Crippen LogP contribution < -0.4 is 10.1 Å². The molecule has 1 saturated carbocycles. The molecule has 1 aliphatic carbocycles. The third-order valence-corrected chi connectivity index (χ3v) is 6.43. The number of carbonyl (C=O) groups is 2. The van der Waals surface area contributed by atoms with Crippen LogP contribution in [0, 0.1) is 6.92 Å². The summed E-state index contributed by atoms with van der Waals surface area (Å²) in [5.41, 5.74) is 2.35. The van der Waals surface area contributed by atoms with Crippen LogP contribution in [0.15, 0.2) is 54.6 Å². The largest absolute Gasteiger partial charge is 0.494 e. The van der Waals surface area contributed by atoms with Crippen molar-refractivity contribution in [3.63, 3.8) is 0 Å². The van der Waals surface area contributed by atoms with E-state index in [0.29, 0.717) is 26.0 Å². The van der Waals surface area contributed by atoms with E-state index in [2.05, 4.69) is 17.4 Å². The Morgan fingerprint density at radius 2 is 1.73 bits per heavy atom. The molecule has 0 bridgehead atoms. The van der Waals surface area contributed by atoms with Crippen LogP contribution in [0.5, 0.6) is 5.75 Å². The summed E-state index contributed by atoms with van der Waals surface area (Å²) in [7, 11) is 0. The molecule has 33 heavy (non-hydrogen) atoms. The first-order chi connectivity index (χ1) is 16.0. The van der Waals surface area contributed by atoms with Crippen LogP contribution in [0.3, 0.4) is 0 Å². The van der Waals surface area contributed by atoms with Gasteiger partial charge in [-0.3, -0.25) is 9.59 Å². The summed E-state index contributed by atoms with van der Waals surface area (Å²) in [6, 6.07) is 17.8. The van der Waals surface area contributed by atoms with Crippen molar-refractivity contribution >= 4 is 11.8 Å². The molecule has 0 unspecified atom stereocenters. The lowest BCUT2D eigenvalue weighted by Crippen LogP contribution is -2.51. The fourth-order valence-electron chi connectivity index (χ4n) is 4.33. The Hall–Kier alpha value is -2.82. The Labute approximate surface area is 198 Å². The average molecular weight is 451 g/mol. The molecule has 0 aromatic heterocycles. The Kier molecular flexibility index (Phi) is 9.79. The minimum absolute atomic E-state index is 0.00438. The van der Waals surface area contributed by atoms with Crippen LogP contribution >= 0.6 is 0 Å². The molecule has 5 nitrogen and oxygen atoms in total. The average Bonchev–Trinajstić information content (AvgIpc) is 2.84. The number of rotatable bonds is 11. The van der Waals surface area contributed by atoms with Gasteiger partial charge in [0.15, 0.2) is 0 Å². The highest BCUT2D eigenvalue weighted by atomic mass is 16.5. The summed E-state index contributed by atoms with van der Waals surface area (Å²) < 4.78 is 5.78. The first kappa shape index (κ1) is 24.8. The van der Waals surface area contributed by atoms with Gasteiger partial charge in [-0.15, -0.1) is 0 Å². The van der Waals surface area contributed by atoms with Crippen molar-refractivity contribution in [3.05, 3.63) is 65.7 Å². The highest BCUT2D eigenvalue weighted by Crippen LogP contribution is 2.18. The number of amides is 2. The third-order valence-electron chi connectivity index (χ3n) is 6.43. The number of hydrogen-bond donors (Lipinski definition) is 1. The molecule has 178 valence electrons. The Morgan fingerprint density at radius 1 is 1.03 bits per heavy atom. The molecule has 1 N–H and O–H groups in total. The van der Waals surface area contributed by atoms with Crippen LogP contribution in [0.1, 0.15) is 63.0 Å². The Bertz CT molecular complexity index is 860. The lowest BCUT2D eigenvalue weighted by atomic mass is 9.95. The van der Waals surface area contributed by atoms with Crippen LogP contribution in [-0.4, -0.2) is 41.9 Å². The molecule has 3 rings (SSSR count). The van der Waals surface area contributed by atoms with E-state index < -0.39 is 6.04 Å². The Morgan fingerprint density at radius 3 is 2.42 bits per heavy atom. The summed E-state index contributed by atoms with van der Waals surface area (Å²) in [5.74, 6) is 0.776. The van der Waals surface area contributed by atoms with Gasteiger partial charge in [-0.1, -0.05) is 67.3 Å². The fourth-order valence-corrected chi connectivity index (χ4v) is 4.33. The molecule has 2 aromatic carbocycles. The zero-order valence-corrected chi connectivity index (χ0v) is 20.1. The zero-order valence-electron chi connectivity index (χ0n) is 20.1. The molecule has 5 heteroatoms. The summed E-state index contributed by atoms with van der Waals surface area (Å²) in [6.45, 7) is 4.90. The van der Waals surface area contributed by atoms with Gasteiger partial charge in [0.1, 0.15) is 11.8 Å². The van der Waals surface area contributed by atoms with Crippen LogP contribution in [0.25, 0.3) is 0 Å². The molecule has 1 fully saturated rings. The summed E-state index contributed by atoms with van der Waals surface area (Å²) in [5, 5.41) is 3.19. The number of carbonyl (C=O) groups excluding carboxylic acids is 2. The first-order valence-electron chi connectivity index (χ1n) is 12.4. The van der Waals surface area contributed by atoms with Gasteiger partial charge in [-0.2, -0.15) is 0 Å². The van der Waals surface area contributed by atoms with E-state index >= 15 is 0 Å². The molecule has 1 aliphatic rings. The van der Waals surface area contributed by atoms with E-state index in [4.69, 9.17) is 4.74 Å². The van der Waals surface area contributed by atoms with Crippen molar-refractivity contribution in [2.24, 2.45) is 0 Å². The molecular formula is C28H38N2O3. The van der Waals surface area contributed by atoms with Gasteiger partial charge in [-0.05, 0) is 57.2 Å². The number of benzene rings is 2. The molecule has 0 aliphatic heterocycles. The minimum atomic E-state index is -0.485. The van der Waals surface area contributed by atoms with Gasteiger partial charge < -0.3 is 15.0 Å². The predicted molar refractivity (Wildman–Crippen MR) is 132 cm³/mol. The van der Waals surface area contributed by atoms with Crippen molar-refractivity contribution in [2.45, 2.75) is 77.3 Å². The maximum atomic E-state index is 13.1. The van der Waals surface area contributed by atoms with Crippen molar-refractivity contribution < 1.29 is 14.3 Å². The minimum Gasteiger partial charge on any atom is -0.494 e. The first-order valence-corrected chi connectivity index (χ1v) is 12.4. The maximum absolute atomic E-state index is 13.1. The van der Waals surface area contributed by atoms with Crippen molar-refractivity contribution in [1.82, 2.24) is 10.2 Å². The van der Waals surface area contributed by atoms with Crippen LogP contribution in [0.4, 0.5) is 0 Å². The number of aryl methyl sites for hydroxylation is 1. The quantitative estimate of drug-likeness (QED) is 0.487. The molecule has 0 saturated heterocycles. The van der Waals surface area contributed by atoms with E-state index in [0.717, 1.165) is 43.4 Å². The lowest BCUT2D eigenvalue weighted by Gasteiger charge is -2.31. The summed E-state index contributed by atoms with van der Waals surface area (Å²) in [4.78, 5) is 27.9. The van der Waals surface area contributed by atoms with Gasteiger partial charge in [0.2, 0.25) is 11.8 Å². The van der Waals surface area contributed by atoms with Crippen molar-refractivity contribution in [3.8, 4) is 5.75 Å². The molecular weight excluding hydrogens is 412 g/mol. The zero-order chi connectivity index (χ0) is 23.5. The van der Waals surface area contributed by atoms with E-state index in [9.17, 15) is 9.59 Å². The summed E-state index contributed by atoms with van der Waals surface area (Å²) in [6.07, 6.45) is 7.35. The van der Waals surface area contributed by atoms with Crippen LogP contribution in [-0.2, 0) is 16.0 Å². The number of nitrogens with one attached hydrogen (secondary N) is 1. The summed E-state index contributed by atoms with van der Waals surface area (Å²) >= 11 is 0. The SMILES string of the molecule is Cc1ccc(OCCCC(=O)N(CCc2ccccc2)[C@@H](C)C(=O)NC2CCCCC2)cc1. The number of hydrogen-bond acceptors (Lipinski definition) is 3. The molecule has 1 atom stereocenters. The second kappa shape index (κ2) is 13.0. The predicted octanol–water partition coefficient (Wildman–Crippen LogP) is 5.06. The third kappa shape index (κ3) is 8.23. The number of nitrogens with zero attached hydrogens (tertiary/aromatic N) is 1.